The number of carbonyl (C=O) groups excluding carboxylic acids is 2. The van der Waals surface area contributed by atoms with Crippen LogP contribution in [0.15, 0.2) is 24.5 Å². The van der Waals surface area contributed by atoms with Gasteiger partial charge in [-0.2, -0.15) is 8.42 Å². The van der Waals surface area contributed by atoms with Crippen LogP contribution in [0.5, 0.6) is 0 Å². The molecule has 0 saturated heterocycles. The van der Waals surface area contributed by atoms with Gasteiger partial charge in [0, 0.05) is 6.08 Å². The van der Waals surface area contributed by atoms with Gasteiger partial charge in [-0.15, -0.1) is 0 Å². The number of hydrogen-bond acceptors (Lipinski definition) is 7. The molecule has 134 valence electrons. The molecule has 0 aliphatic heterocycles. The van der Waals surface area contributed by atoms with Gasteiger partial charge in [-0.25, -0.2) is 9.59 Å². The number of nitrogens with zero attached hydrogens (tertiary/aromatic N) is 1. The van der Waals surface area contributed by atoms with Gasteiger partial charge in [-0.05, 0) is 40.9 Å². The topological polar surface area (TPSA) is 110 Å². The van der Waals surface area contributed by atoms with Gasteiger partial charge in [0.25, 0.3) is 10.1 Å². The largest absolute Gasteiger partial charge is 0.463 e. The number of hydrogen-bond donors (Lipinski definition) is 1. The van der Waals surface area contributed by atoms with E-state index in [1.165, 1.54) is 6.92 Å². The van der Waals surface area contributed by atoms with Crippen molar-refractivity contribution in [1.29, 1.82) is 0 Å². The average molecular weight is 351 g/mol. The third kappa shape index (κ3) is 18.2. The lowest BCUT2D eigenvalue weighted by atomic mass is 10.3. The predicted molar refractivity (Wildman–Crippen MR) is 86.3 cm³/mol. The highest BCUT2D eigenvalue weighted by molar-refractivity contribution is 7.85. The van der Waals surface area contributed by atoms with Crippen molar-refractivity contribution in [1.82, 2.24) is 4.90 Å². The summed E-state index contributed by atoms with van der Waals surface area (Å²) in [5.41, 5.74) is 0.233. The summed E-state index contributed by atoms with van der Waals surface area (Å²) < 4.78 is 37.7. The SMILES string of the molecule is C=CC(=O)OC=C(C)C(=O)OCC.CN(C)CCCS(=O)(=O)O. The van der Waals surface area contributed by atoms with Crippen LogP contribution in [0.1, 0.15) is 20.3 Å². The first-order valence-electron chi connectivity index (χ1n) is 6.80. The molecule has 23 heavy (non-hydrogen) atoms. The Morgan fingerprint density at radius 2 is 1.87 bits per heavy atom. The van der Waals surface area contributed by atoms with Crippen LogP contribution in [0.4, 0.5) is 0 Å². The van der Waals surface area contributed by atoms with Crippen LogP contribution in [0.3, 0.4) is 0 Å². The van der Waals surface area contributed by atoms with Crippen LogP contribution < -0.4 is 0 Å². The molecular weight excluding hydrogens is 326 g/mol. The van der Waals surface area contributed by atoms with Gasteiger partial charge in [0.2, 0.25) is 0 Å². The van der Waals surface area contributed by atoms with E-state index in [4.69, 9.17) is 4.55 Å². The van der Waals surface area contributed by atoms with E-state index in [1.807, 2.05) is 19.0 Å². The van der Waals surface area contributed by atoms with Crippen molar-refractivity contribution in [2.75, 3.05) is 33.0 Å². The molecule has 0 aromatic heterocycles. The first-order valence-corrected chi connectivity index (χ1v) is 8.41. The van der Waals surface area contributed by atoms with Crippen LogP contribution >= 0.6 is 0 Å². The fraction of sp³-hybridized carbons (Fsp3) is 0.571. The monoisotopic (exact) mass is 351 g/mol. The maximum atomic E-state index is 10.9. The second-order valence-electron chi connectivity index (χ2n) is 4.61. The van der Waals surface area contributed by atoms with E-state index in [-0.39, 0.29) is 11.3 Å². The minimum absolute atomic E-state index is 0.148. The van der Waals surface area contributed by atoms with E-state index in [0.29, 0.717) is 19.6 Å². The summed E-state index contributed by atoms with van der Waals surface area (Å²) in [5.74, 6) is -1.26. The summed E-state index contributed by atoms with van der Waals surface area (Å²) in [4.78, 5) is 23.4. The highest BCUT2D eigenvalue weighted by atomic mass is 32.2. The fourth-order valence-corrected chi connectivity index (χ4v) is 1.54. The zero-order valence-corrected chi connectivity index (χ0v) is 14.8. The van der Waals surface area contributed by atoms with E-state index in [2.05, 4.69) is 16.1 Å². The van der Waals surface area contributed by atoms with E-state index >= 15 is 0 Å². The third-order valence-corrected chi connectivity index (χ3v) is 2.93. The Labute approximate surface area is 137 Å². The molecule has 0 aliphatic carbocycles. The Hall–Kier alpha value is -1.71. The smallest absolute Gasteiger partial charge is 0.336 e. The summed E-state index contributed by atoms with van der Waals surface area (Å²) in [6.07, 6.45) is 2.53. The van der Waals surface area contributed by atoms with Crippen molar-refractivity contribution in [2.24, 2.45) is 0 Å². The van der Waals surface area contributed by atoms with Gasteiger partial charge < -0.3 is 14.4 Å². The molecule has 0 aromatic rings. The molecule has 0 rings (SSSR count). The molecule has 0 fully saturated rings. The van der Waals surface area contributed by atoms with Gasteiger partial charge >= 0.3 is 11.9 Å². The van der Waals surface area contributed by atoms with Gasteiger partial charge in [0.1, 0.15) is 6.26 Å². The number of esters is 2. The van der Waals surface area contributed by atoms with Crippen LogP contribution in [0.2, 0.25) is 0 Å². The molecule has 0 saturated carbocycles. The van der Waals surface area contributed by atoms with Crippen molar-refractivity contribution in [3.8, 4) is 0 Å². The molecule has 0 spiro atoms. The van der Waals surface area contributed by atoms with Crippen molar-refractivity contribution in [3.63, 3.8) is 0 Å². The molecule has 0 aliphatic rings. The molecule has 0 atom stereocenters. The molecule has 9 heteroatoms. The number of rotatable bonds is 8. The van der Waals surface area contributed by atoms with Crippen molar-refractivity contribution in [3.05, 3.63) is 24.5 Å². The molecule has 0 bridgehead atoms. The first-order chi connectivity index (χ1) is 10.5. The second-order valence-corrected chi connectivity index (χ2v) is 6.18. The summed E-state index contributed by atoms with van der Waals surface area (Å²) in [5, 5.41) is 0. The summed E-state index contributed by atoms with van der Waals surface area (Å²) in [6, 6.07) is 0. The standard InChI is InChI=1S/C9H12O4.C5H13NO3S/c1-4-8(10)13-6-7(3)9(11)12-5-2;1-6(2)4-3-5-10(7,8)9/h4,6H,1,5H2,2-3H3;3-5H2,1-2H3,(H,7,8,9). The average Bonchev–Trinajstić information content (AvgIpc) is 2.43. The minimum atomic E-state index is -3.75. The normalized spacial score (nSPS) is 11.3. The molecule has 0 amide bonds. The van der Waals surface area contributed by atoms with Crippen molar-refractivity contribution >= 4 is 22.1 Å². The Bertz CT molecular complexity index is 509. The van der Waals surface area contributed by atoms with Crippen LogP contribution in [-0.2, 0) is 29.2 Å². The maximum absolute atomic E-state index is 10.9. The number of carbonyl (C=O) groups is 2. The van der Waals surface area contributed by atoms with Gasteiger partial charge in [0.15, 0.2) is 0 Å². The Kier molecular flexibility index (Phi) is 13.1. The van der Waals surface area contributed by atoms with Crippen LogP contribution in [0.25, 0.3) is 0 Å². The Morgan fingerprint density at radius 3 is 2.26 bits per heavy atom. The Morgan fingerprint density at radius 1 is 1.30 bits per heavy atom. The summed E-state index contributed by atoms with van der Waals surface area (Å²) >= 11 is 0. The van der Waals surface area contributed by atoms with Gasteiger partial charge in [0.05, 0.1) is 17.9 Å². The highest BCUT2D eigenvalue weighted by Gasteiger charge is 2.05. The summed E-state index contributed by atoms with van der Waals surface area (Å²) in [6.45, 7) is 7.36. The lowest BCUT2D eigenvalue weighted by Crippen LogP contribution is -2.16. The maximum Gasteiger partial charge on any atom is 0.336 e. The molecule has 0 radical (unpaired) electrons. The fourth-order valence-electron chi connectivity index (χ4n) is 1.05. The third-order valence-electron chi connectivity index (χ3n) is 2.12. The molecular formula is C14H25NO7S. The highest BCUT2D eigenvalue weighted by Crippen LogP contribution is 1.97. The predicted octanol–water partition coefficient (Wildman–Crippen LogP) is 1.01. The zero-order valence-electron chi connectivity index (χ0n) is 13.9. The quantitative estimate of drug-likeness (QED) is 0.298. The lowest BCUT2D eigenvalue weighted by Gasteiger charge is -2.06. The van der Waals surface area contributed by atoms with Gasteiger partial charge in [-0.1, -0.05) is 6.58 Å². The molecule has 8 nitrogen and oxygen atoms in total. The van der Waals surface area contributed by atoms with Crippen LogP contribution in [0, 0.1) is 0 Å². The van der Waals surface area contributed by atoms with E-state index in [9.17, 15) is 18.0 Å². The van der Waals surface area contributed by atoms with E-state index in [1.54, 1.807) is 6.92 Å². The van der Waals surface area contributed by atoms with Crippen molar-refractivity contribution < 1.29 is 32.0 Å². The molecule has 0 heterocycles. The first kappa shape index (κ1) is 23.6. The van der Waals surface area contributed by atoms with E-state index in [0.717, 1.165) is 12.3 Å². The van der Waals surface area contributed by atoms with Crippen molar-refractivity contribution in [2.45, 2.75) is 20.3 Å². The molecule has 1 N–H and O–H groups in total. The Balaban J connectivity index is 0. The van der Waals surface area contributed by atoms with Gasteiger partial charge in [-0.3, -0.25) is 4.55 Å². The second kappa shape index (κ2) is 12.8. The number of ether oxygens (including phenoxy) is 2. The lowest BCUT2D eigenvalue weighted by molar-refractivity contribution is -0.138. The zero-order chi connectivity index (χ0) is 18.5. The minimum Gasteiger partial charge on any atom is -0.463 e. The van der Waals surface area contributed by atoms with E-state index < -0.39 is 22.1 Å². The molecule has 0 aromatic carbocycles. The molecule has 0 unspecified atom stereocenters. The summed E-state index contributed by atoms with van der Waals surface area (Å²) in [7, 11) is -0.0441. The van der Waals surface area contributed by atoms with Crippen LogP contribution in [-0.4, -0.2) is 62.8 Å².